The van der Waals surface area contributed by atoms with Crippen LogP contribution in [0.4, 0.5) is 0 Å². The molecule has 6 heteroatoms. The molecular weight excluding hydrogens is 414 g/mol. The predicted molar refractivity (Wildman–Crippen MR) is 128 cm³/mol. The van der Waals surface area contributed by atoms with Crippen molar-refractivity contribution in [3.05, 3.63) is 101 Å². The van der Waals surface area contributed by atoms with Gasteiger partial charge in [-0.3, -0.25) is 14.8 Å². The van der Waals surface area contributed by atoms with Crippen molar-refractivity contribution >= 4 is 29.0 Å². The summed E-state index contributed by atoms with van der Waals surface area (Å²) in [6.45, 7) is 2.44. The second kappa shape index (κ2) is 9.87. The van der Waals surface area contributed by atoms with Gasteiger partial charge >= 0.3 is 5.97 Å². The van der Waals surface area contributed by atoms with Gasteiger partial charge in [-0.2, -0.15) is 0 Å². The summed E-state index contributed by atoms with van der Waals surface area (Å²) in [4.78, 5) is 33.2. The molecule has 0 atom stereocenters. The molecule has 0 aliphatic carbocycles. The molecule has 33 heavy (non-hydrogen) atoms. The first-order valence-electron chi connectivity index (χ1n) is 10.5. The third-order valence-electron chi connectivity index (χ3n) is 5.21. The summed E-state index contributed by atoms with van der Waals surface area (Å²) >= 11 is 0. The molecule has 3 aromatic carbocycles. The van der Waals surface area contributed by atoms with Crippen molar-refractivity contribution in [2.75, 3.05) is 7.11 Å². The molecule has 0 aliphatic heterocycles. The van der Waals surface area contributed by atoms with Crippen molar-refractivity contribution < 1.29 is 14.3 Å². The SMILES string of the molecule is COC(=O)/C=C/c1cc(C(=O)NCc2ccc(C)cc2)cc(-c2ccc3nccnc3c2)c1. The predicted octanol–water partition coefficient (Wildman–Crippen LogP) is 4.72. The molecule has 164 valence electrons. The van der Waals surface area contributed by atoms with Gasteiger partial charge in [0, 0.05) is 30.6 Å². The molecule has 1 heterocycles. The van der Waals surface area contributed by atoms with Crippen LogP contribution in [0.1, 0.15) is 27.0 Å². The Morgan fingerprint density at radius 3 is 2.42 bits per heavy atom. The smallest absolute Gasteiger partial charge is 0.330 e. The highest BCUT2D eigenvalue weighted by molar-refractivity contribution is 5.97. The van der Waals surface area contributed by atoms with E-state index in [1.807, 2.05) is 61.5 Å². The molecule has 0 saturated heterocycles. The van der Waals surface area contributed by atoms with Gasteiger partial charge in [-0.1, -0.05) is 35.9 Å². The van der Waals surface area contributed by atoms with Crippen LogP contribution in [-0.4, -0.2) is 29.0 Å². The first-order valence-corrected chi connectivity index (χ1v) is 10.5. The van der Waals surface area contributed by atoms with Gasteiger partial charge in [0.25, 0.3) is 5.91 Å². The number of hydrogen-bond acceptors (Lipinski definition) is 5. The summed E-state index contributed by atoms with van der Waals surface area (Å²) < 4.78 is 4.69. The zero-order valence-corrected chi connectivity index (χ0v) is 18.4. The lowest BCUT2D eigenvalue weighted by Crippen LogP contribution is -2.22. The maximum Gasteiger partial charge on any atom is 0.330 e. The maximum absolute atomic E-state index is 13.0. The number of nitrogens with zero attached hydrogens (tertiary/aromatic N) is 2. The number of aryl methyl sites for hydroxylation is 1. The molecular formula is C27H23N3O3. The summed E-state index contributed by atoms with van der Waals surface area (Å²) in [5.74, 6) is -0.669. The topological polar surface area (TPSA) is 81.2 Å². The van der Waals surface area contributed by atoms with E-state index in [4.69, 9.17) is 0 Å². The van der Waals surface area contributed by atoms with E-state index in [1.165, 1.54) is 18.7 Å². The number of aromatic nitrogens is 2. The highest BCUT2D eigenvalue weighted by Gasteiger charge is 2.11. The van der Waals surface area contributed by atoms with Crippen molar-refractivity contribution in [3.63, 3.8) is 0 Å². The van der Waals surface area contributed by atoms with Crippen LogP contribution in [0.3, 0.4) is 0 Å². The standard InChI is InChI=1S/C27H23N3O3/c1-18-3-5-19(6-4-18)17-30-27(32)23-14-20(7-10-26(31)33-2)13-22(15-23)21-8-9-24-25(16-21)29-12-11-28-24/h3-16H,17H2,1-2H3,(H,30,32)/b10-7+. The first kappa shape index (κ1) is 21.9. The van der Waals surface area contributed by atoms with Gasteiger partial charge in [-0.05, 0) is 65.6 Å². The Labute approximate surface area is 192 Å². The van der Waals surface area contributed by atoms with E-state index in [2.05, 4.69) is 20.0 Å². The lowest BCUT2D eigenvalue weighted by Gasteiger charge is -2.10. The number of methoxy groups -OCH3 is 1. The Kier molecular flexibility index (Phi) is 6.55. The molecule has 6 nitrogen and oxygen atoms in total. The number of benzene rings is 3. The molecule has 1 aromatic heterocycles. The average molecular weight is 437 g/mol. The lowest BCUT2D eigenvalue weighted by atomic mass is 9.98. The number of carbonyl (C=O) groups excluding carboxylic acids is 2. The fourth-order valence-corrected chi connectivity index (χ4v) is 3.41. The number of hydrogen-bond donors (Lipinski definition) is 1. The molecule has 1 amide bonds. The fraction of sp³-hybridized carbons (Fsp3) is 0.111. The summed E-state index contributed by atoms with van der Waals surface area (Å²) in [6.07, 6.45) is 6.26. The fourth-order valence-electron chi connectivity index (χ4n) is 3.41. The van der Waals surface area contributed by atoms with Crippen molar-refractivity contribution in [1.29, 1.82) is 0 Å². The third kappa shape index (κ3) is 5.49. The van der Waals surface area contributed by atoms with Crippen LogP contribution in [0.2, 0.25) is 0 Å². The molecule has 0 saturated carbocycles. The minimum atomic E-state index is -0.466. The minimum Gasteiger partial charge on any atom is -0.466 e. The number of amides is 1. The molecule has 1 N–H and O–H groups in total. The van der Waals surface area contributed by atoms with E-state index in [1.54, 1.807) is 24.5 Å². The second-order valence-corrected chi connectivity index (χ2v) is 7.63. The molecule has 0 bridgehead atoms. The third-order valence-corrected chi connectivity index (χ3v) is 5.21. The Hall–Kier alpha value is -4.32. The van der Waals surface area contributed by atoms with Gasteiger partial charge in [-0.15, -0.1) is 0 Å². The Bertz CT molecular complexity index is 1340. The van der Waals surface area contributed by atoms with Crippen molar-refractivity contribution in [2.24, 2.45) is 0 Å². The molecule has 4 rings (SSSR count). The van der Waals surface area contributed by atoms with Crippen LogP contribution in [0.5, 0.6) is 0 Å². The van der Waals surface area contributed by atoms with Gasteiger partial charge in [0.05, 0.1) is 18.1 Å². The largest absolute Gasteiger partial charge is 0.466 e. The summed E-state index contributed by atoms with van der Waals surface area (Å²) in [6, 6.07) is 19.3. The van der Waals surface area contributed by atoms with Crippen LogP contribution >= 0.6 is 0 Å². The van der Waals surface area contributed by atoms with E-state index in [0.717, 1.165) is 27.7 Å². The number of fused-ring (bicyclic) bond motifs is 1. The lowest BCUT2D eigenvalue weighted by molar-refractivity contribution is -0.134. The van der Waals surface area contributed by atoms with Crippen LogP contribution < -0.4 is 5.32 Å². The monoisotopic (exact) mass is 437 g/mol. The molecule has 0 unspecified atom stereocenters. The molecule has 0 radical (unpaired) electrons. The van der Waals surface area contributed by atoms with Crippen molar-refractivity contribution in [1.82, 2.24) is 15.3 Å². The van der Waals surface area contributed by atoms with E-state index in [9.17, 15) is 9.59 Å². The Balaban J connectivity index is 1.67. The highest BCUT2D eigenvalue weighted by Crippen LogP contribution is 2.26. The van der Waals surface area contributed by atoms with Gasteiger partial charge < -0.3 is 10.1 Å². The minimum absolute atomic E-state index is 0.203. The van der Waals surface area contributed by atoms with E-state index < -0.39 is 5.97 Å². The molecule has 0 fully saturated rings. The number of ether oxygens (including phenoxy) is 1. The van der Waals surface area contributed by atoms with E-state index >= 15 is 0 Å². The zero-order chi connectivity index (χ0) is 23.2. The highest BCUT2D eigenvalue weighted by atomic mass is 16.5. The normalized spacial score (nSPS) is 11.0. The van der Waals surface area contributed by atoms with Crippen LogP contribution in [0.25, 0.3) is 28.2 Å². The van der Waals surface area contributed by atoms with Gasteiger partial charge in [0.2, 0.25) is 0 Å². The summed E-state index contributed by atoms with van der Waals surface area (Å²) in [7, 11) is 1.32. The molecule has 0 aliphatic rings. The average Bonchev–Trinajstić information content (AvgIpc) is 2.86. The Morgan fingerprint density at radius 1 is 0.909 bits per heavy atom. The van der Waals surface area contributed by atoms with E-state index in [-0.39, 0.29) is 5.91 Å². The number of esters is 1. The van der Waals surface area contributed by atoms with Crippen LogP contribution in [0.15, 0.2) is 79.1 Å². The molecule has 4 aromatic rings. The van der Waals surface area contributed by atoms with E-state index in [0.29, 0.717) is 17.7 Å². The zero-order valence-electron chi connectivity index (χ0n) is 18.4. The maximum atomic E-state index is 13.0. The first-order chi connectivity index (χ1) is 16.0. The summed E-state index contributed by atoms with van der Waals surface area (Å²) in [5, 5.41) is 2.97. The Morgan fingerprint density at radius 2 is 1.67 bits per heavy atom. The van der Waals surface area contributed by atoms with Crippen molar-refractivity contribution in [2.45, 2.75) is 13.5 Å². The van der Waals surface area contributed by atoms with Gasteiger partial charge in [0.15, 0.2) is 0 Å². The quantitative estimate of drug-likeness (QED) is 0.349. The number of rotatable bonds is 6. The van der Waals surface area contributed by atoms with Crippen molar-refractivity contribution in [3.8, 4) is 11.1 Å². The second-order valence-electron chi connectivity index (χ2n) is 7.63. The van der Waals surface area contributed by atoms with Crippen LogP contribution in [-0.2, 0) is 16.1 Å². The summed E-state index contributed by atoms with van der Waals surface area (Å²) in [5.41, 5.74) is 6.65. The van der Waals surface area contributed by atoms with Crippen LogP contribution in [0, 0.1) is 6.92 Å². The number of carbonyl (C=O) groups is 2. The van der Waals surface area contributed by atoms with Gasteiger partial charge in [-0.25, -0.2) is 4.79 Å². The number of nitrogens with one attached hydrogen (secondary N) is 1. The van der Waals surface area contributed by atoms with Gasteiger partial charge in [0.1, 0.15) is 0 Å². The molecule has 0 spiro atoms.